The summed E-state index contributed by atoms with van der Waals surface area (Å²) in [6, 6.07) is 19.1. The van der Waals surface area contributed by atoms with E-state index in [0.29, 0.717) is 43.2 Å². The van der Waals surface area contributed by atoms with Gasteiger partial charge in [0.25, 0.3) is 11.2 Å². The number of benzene rings is 3. The fourth-order valence-electron chi connectivity index (χ4n) is 5.25. The number of halogens is 1. The van der Waals surface area contributed by atoms with Crippen molar-refractivity contribution < 1.29 is 19.2 Å². The smallest absolute Gasteiger partial charge is 0.338 e. The Morgan fingerprint density at radius 3 is 2.43 bits per heavy atom. The van der Waals surface area contributed by atoms with E-state index in [4.69, 9.17) is 14.5 Å². The Bertz CT molecular complexity index is 1980. The molecule has 11 heteroatoms. The molecule has 0 spiro atoms. The molecule has 5 rings (SSSR count). The summed E-state index contributed by atoms with van der Waals surface area (Å²) >= 11 is 4.86. The van der Waals surface area contributed by atoms with Gasteiger partial charge in [0.2, 0.25) is 0 Å². The van der Waals surface area contributed by atoms with Gasteiger partial charge in [0, 0.05) is 12.1 Å². The number of aromatic nitrogens is 1. The van der Waals surface area contributed by atoms with Gasteiger partial charge in [0.15, 0.2) is 4.80 Å². The number of fused-ring (bicyclic) bond motifs is 1. The molecular weight excluding hydrogens is 670 g/mol. The molecule has 1 aliphatic rings. The molecule has 3 aromatic carbocycles. The second-order valence-electron chi connectivity index (χ2n) is 11.1. The molecule has 0 saturated carbocycles. The van der Waals surface area contributed by atoms with Crippen molar-refractivity contribution in [3.63, 3.8) is 0 Å². The van der Waals surface area contributed by atoms with Crippen molar-refractivity contribution in [2.75, 3.05) is 6.61 Å². The number of hydrogen-bond acceptors (Lipinski definition) is 8. The first kappa shape index (κ1) is 33.0. The highest BCUT2D eigenvalue weighted by molar-refractivity contribution is 9.10. The lowest BCUT2D eigenvalue weighted by atomic mass is 9.92. The van der Waals surface area contributed by atoms with E-state index in [0.717, 1.165) is 28.7 Å². The van der Waals surface area contributed by atoms with Gasteiger partial charge in [-0.3, -0.25) is 19.5 Å². The summed E-state index contributed by atoms with van der Waals surface area (Å²) in [6.45, 7) is 8.49. The molecular formula is C35H34BrN3O6S. The number of thiazole rings is 1. The van der Waals surface area contributed by atoms with Crippen molar-refractivity contribution in [1.29, 1.82) is 0 Å². The first-order chi connectivity index (χ1) is 22.1. The van der Waals surface area contributed by atoms with Crippen molar-refractivity contribution >= 4 is 45.0 Å². The molecule has 0 aliphatic carbocycles. The van der Waals surface area contributed by atoms with Gasteiger partial charge in [-0.25, -0.2) is 9.79 Å². The van der Waals surface area contributed by atoms with Gasteiger partial charge in [-0.2, -0.15) is 0 Å². The van der Waals surface area contributed by atoms with Gasteiger partial charge >= 0.3 is 5.97 Å². The predicted octanol–water partition coefficient (Wildman–Crippen LogP) is 6.95. The quantitative estimate of drug-likeness (QED) is 0.0949. The van der Waals surface area contributed by atoms with E-state index >= 15 is 0 Å². The van der Waals surface area contributed by atoms with Crippen LogP contribution in [0.2, 0.25) is 0 Å². The van der Waals surface area contributed by atoms with Crippen LogP contribution in [0.15, 0.2) is 92.3 Å². The van der Waals surface area contributed by atoms with E-state index in [-0.39, 0.29) is 24.5 Å². The van der Waals surface area contributed by atoms with E-state index in [2.05, 4.69) is 29.8 Å². The van der Waals surface area contributed by atoms with Crippen molar-refractivity contribution in [2.24, 2.45) is 4.99 Å². The molecule has 9 nitrogen and oxygen atoms in total. The molecule has 238 valence electrons. The number of carbonyl (C=O) groups is 1. The maximum Gasteiger partial charge on any atom is 0.338 e. The Labute approximate surface area is 278 Å². The number of ether oxygens (including phenoxy) is 2. The fourth-order valence-corrected chi connectivity index (χ4v) is 6.78. The minimum absolute atomic E-state index is 0.0219. The summed E-state index contributed by atoms with van der Waals surface area (Å²) in [5, 5.41) is 10.9. The molecule has 46 heavy (non-hydrogen) atoms. The van der Waals surface area contributed by atoms with E-state index < -0.39 is 16.9 Å². The zero-order chi connectivity index (χ0) is 33.0. The van der Waals surface area contributed by atoms with Gasteiger partial charge in [0.05, 0.1) is 37.8 Å². The minimum atomic E-state index is -0.665. The zero-order valence-corrected chi connectivity index (χ0v) is 28.4. The van der Waals surface area contributed by atoms with Crippen LogP contribution in [0.5, 0.6) is 5.75 Å². The lowest BCUT2D eigenvalue weighted by Gasteiger charge is -2.26. The molecule has 0 N–H and O–H groups in total. The highest BCUT2D eigenvalue weighted by atomic mass is 79.9. The van der Waals surface area contributed by atoms with Crippen LogP contribution in [0, 0.1) is 10.1 Å². The first-order valence-electron chi connectivity index (χ1n) is 15.1. The fraction of sp³-hybridized carbons (Fsp3) is 0.286. The lowest BCUT2D eigenvalue weighted by Crippen LogP contribution is -2.40. The van der Waals surface area contributed by atoms with Crippen LogP contribution in [-0.2, 0) is 16.1 Å². The van der Waals surface area contributed by atoms with Gasteiger partial charge in [0.1, 0.15) is 12.4 Å². The normalized spacial score (nSPS) is 14.7. The summed E-state index contributed by atoms with van der Waals surface area (Å²) in [5.74, 6) is 0.463. The Balaban J connectivity index is 1.52. The summed E-state index contributed by atoms with van der Waals surface area (Å²) < 4.78 is 14.2. The zero-order valence-electron chi connectivity index (χ0n) is 26.0. The molecule has 1 aliphatic heterocycles. The molecule has 0 amide bonds. The highest BCUT2D eigenvalue weighted by Gasteiger charge is 2.34. The molecule has 1 aromatic heterocycles. The summed E-state index contributed by atoms with van der Waals surface area (Å²) in [7, 11) is 0. The maximum absolute atomic E-state index is 14.1. The molecule has 0 bridgehead atoms. The van der Waals surface area contributed by atoms with E-state index in [1.54, 1.807) is 35.8 Å². The predicted molar refractivity (Wildman–Crippen MR) is 182 cm³/mol. The monoisotopic (exact) mass is 703 g/mol. The van der Waals surface area contributed by atoms with E-state index in [1.807, 2.05) is 43.3 Å². The number of nitrogens with zero attached hydrogens (tertiary/aromatic N) is 3. The SMILES string of the molecule is CCCC1=C(C(=O)OCC)[C@H](c2ccc(C(C)C)cc2)n2c(s/c(=C\c3ccc(OCc4ccc([N+](=O)[O-])cc4)c(Br)c3)c2=O)=N1. The Hall–Kier alpha value is -4.35. The van der Waals surface area contributed by atoms with Crippen molar-refractivity contribution in [3.05, 3.63) is 135 Å². The van der Waals surface area contributed by atoms with Crippen LogP contribution in [0.3, 0.4) is 0 Å². The van der Waals surface area contributed by atoms with Crippen LogP contribution in [-0.4, -0.2) is 22.1 Å². The summed E-state index contributed by atoms with van der Waals surface area (Å²) in [6.07, 6.45) is 3.16. The standard InChI is InChI=1S/C35H34BrN3O6S/c1-5-7-28-31(34(41)44-6-2)32(25-13-11-24(12-14-25)21(3)4)38-33(40)30(46-35(38)37-28)19-23-10-17-29(27(36)18-23)45-20-22-8-15-26(16-9-22)39(42)43/h8-19,21,32H,5-7,20H2,1-4H3/b30-19-/t32-/m0/s1. The number of esters is 1. The molecule has 4 aromatic rings. The first-order valence-corrected chi connectivity index (χ1v) is 16.7. The third kappa shape index (κ3) is 7.05. The average molecular weight is 705 g/mol. The molecule has 1 atom stereocenters. The molecule has 2 heterocycles. The topological polar surface area (TPSA) is 113 Å². The highest BCUT2D eigenvalue weighted by Crippen LogP contribution is 2.33. The number of nitro benzene ring substituents is 1. The number of carbonyl (C=O) groups excluding carboxylic acids is 1. The van der Waals surface area contributed by atoms with Crippen LogP contribution in [0.1, 0.15) is 74.8 Å². The number of nitro groups is 1. The Morgan fingerprint density at radius 2 is 1.83 bits per heavy atom. The van der Waals surface area contributed by atoms with Gasteiger partial charge in [-0.05, 0) is 87.8 Å². The maximum atomic E-state index is 14.1. The van der Waals surface area contributed by atoms with Crippen LogP contribution in [0.4, 0.5) is 5.69 Å². The summed E-state index contributed by atoms with van der Waals surface area (Å²) in [5.41, 5.74) is 4.37. The second kappa shape index (κ2) is 14.4. The Morgan fingerprint density at radius 1 is 1.11 bits per heavy atom. The van der Waals surface area contributed by atoms with Crippen LogP contribution < -0.4 is 19.6 Å². The summed E-state index contributed by atoms with van der Waals surface area (Å²) in [4.78, 5) is 43.3. The van der Waals surface area contributed by atoms with Gasteiger partial charge in [-0.15, -0.1) is 0 Å². The molecule has 0 unspecified atom stereocenters. The minimum Gasteiger partial charge on any atom is -0.488 e. The Kier molecular flexibility index (Phi) is 10.3. The van der Waals surface area contributed by atoms with Gasteiger partial charge < -0.3 is 9.47 Å². The molecule has 0 fully saturated rings. The van der Waals surface area contributed by atoms with Crippen molar-refractivity contribution in [1.82, 2.24) is 4.57 Å². The van der Waals surface area contributed by atoms with E-state index in [1.165, 1.54) is 23.5 Å². The molecule has 0 radical (unpaired) electrons. The molecule has 0 saturated heterocycles. The lowest BCUT2D eigenvalue weighted by molar-refractivity contribution is -0.384. The van der Waals surface area contributed by atoms with Crippen molar-refractivity contribution in [3.8, 4) is 5.75 Å². The number of allylic oxidation sites excluding steroid dienone is 1. The number of hydrogen-bond donors (Lipinski definition) is 0. The van der Waals surface area contributed by atoms with Crippen LogP contribution >= 0.6 is 27.3 Å². The second-order valence-corrected chi connectivity index (χ2v) is 13.0. The number of non-ortho nitro benzene ring substituents is 1. The van der Waals surface area contributed by atoms with Gasteiger partial charge in [-0.1, -0.05) is 68.9 Å². The largest absolute Gasteiger partial charge is 0.488 e. The third-order valence-corrected chi connectivity index (χ3v) is 9.21. The van der Waals surface area contributed by atoms with E-state index in [9.17, 15) is 19.7 Å². The average Bonchev–Trinajstić information content (AvgIpc) is 3.34. The number of rotatable bonds is 11. The van der Waals surface area contributed by atoms with Crippen LogP contribution in [0.25, 0.3) is 6.08 Å². The third-order valence-electron chi connectivity index (χ3n) is 7.61. The van der Waals surface area contributed by atoms with Crippen molar-refractivity contribution in [2.45, 2.75) is 59.1 Å².